The average molecular weight is 306 g/mol. The maximum Gasteiger partial charge on any atom is 0.491 e. The molecule has 21 heavy (non-hydrogen) atoms. The number of nitrogens with zero attached hydrogens (tertiary/aromatic N) is 1. The fourth-order valence-electron chi connectivity index (χ4n) is 2.02. The Balaban J connectivity index is 2.15. The Morgan fingerprint density at radius 2 is 1.95 bits per heavy atom. The Hall–Kier alpha value is -1.67. The second-order valence-corrected chi connectivity index (χ2v) is 4.67. The first-order valence-electron chi connectivity index (χ1n) is 6.37. The summed E-state index contributed by atoms with van der Waals surface area (Å²) in [6.45, 7) is 3.24. The van der Waals surface area contributed by atoms with Crippen LogP contribution in [0.2, 0.25) is 0 Å². The van der Waals surface area contributed by atoms with E-state index in [1.807, 2.05) is 4.90 Å². The molecule has 1 fully saturated rings. The van der Waals surface area contributed by atoms with Crippen LogP contribution in [0.25, 0.3) is 0 Å². The zero-order valence-electron chi connectivity index (χ0n) is 11.0. The van der Waals surface area contributed by atoms with Crippen LogP contribution in [0.4, 0.5) is 17.6 Å². The molecule has 116 valence electrons. The van der Waals surface area contributed by atoms with Gasteiger partial charge in [0, 0.05) is 44.4 Å². The van der Waals surface area contributed by atoms with Gasteiger partial charge in [-0.15, -0.1) is 0 Å². The minimum absolute atomic E-state index is 0.294. The normalized spacial score (nSPS) is 16.8. The van der Waals surface area contributed by atoms with Crippen molar-refractivity contribution in [1.82, 2.24) is 10.2 Å². The lowest BCUT2D eigenvalue weighted by atomic mass is 10.1. The summed E-state index contributed by atoms with van der Waals surface area (Å²) >= 11 is 0. The first-order chi connectivity index (χ1) is 9.86. The van der Waals surface area contributed by atoms with Crippen molar-refractivity contribution in [3.05, 3.63) is 29.6 Å². The van der Waals surface area contributed by atoms with Gasteiger partial charge < -0.3 is 10.1 Å². The molecule has 1 aromatic rings. The molecular formula is C13H14F4N2O2. The quantitative estimate of drug-likeness (QED) is 0.524. The molecule has 0 aliphatic carbocycles. The summed E-state index contributed by atoms with van der Waals surface area (Å²) in [7, 11) is 0. The number of nitrogens with one attached hydrogen (secondary N) is 1. The fourth-order valence-corrected chi connectivity index (χ4v) is 2.02. The van der Waals surface area contributed by atoms with E-state index in [-0.39, 0.29) is 0 Å². The summed E-state index contributed by atoms with van der Waals surface area (Å²) in [5.74, 6) is -3.51. The van der Waals surface area contributed by atoms with E-state index in [9.17, 15) is 22.4 Å². The highest BCUT2D eigenvalue weighted by Gasteiger charge is 2.41. The van der Waals surface area contributed by atoms with Crippen molar-refractivity contribution in [2.24, 2.45) is 0 Å². The SMILES string of the molecule is O=C(Oc1cc(F)ccc1CN1CCNCC1)C(F)(F)F. The number of halogens is 4. The topological polar surface area (TPSA) is 41.6 Å². The molecule has 0 amide bonds. The Kier molecular flexibility index (Phi) is 4.79. The number of rotatable bonds is 3. The predicted octanol–water partition coefficient (Wildman–Crippen LogP) is 1.70. The monoisotopic (exact) mass is 306 g/mol. The van der Waals surface area contributed by atoms with E-state index in [4.69, 9.17) is 0 Å². The molecule has 0 aromatic heterocycles. The lowest BCUT2D eigenvalue weighted by Crippen LogP contribution is -2.43. The van der Waals surface area contributed by atoms with Gasteiger partial charge >= 0.3 is 12.1 Å². The molecule has 0 unspecified atom stereocenters. The smallest absolute Gasteiger partial charge is 0.419 e. The number of benzene rings is 1. The van der Waals surface area contributed by atoms with Crippen molar-refractivity contribution in [2.45, 2.75) is 12.7 Å². The largest absolute Gasteiger partial charge is 0.491 e. The van der Waals surface area contributed by atoms with Gasteiger partial charge in [0.05, 0.1) is 0 Å². The van der Waals surface area contributed by atoms with Crippen molar-refractivity contribution < 1.29 is 27.1 Å². The Bertz CT molecular complexity index is 513. The minimum atomic E-state index is -5.11. The molecule has 1 N–H and O–H groups in total. The highest BCUT2D eigenvalue weighted by atomic mass is 19.4. The molecule has 1 saturated heterocycles. The van der Waals surface area contributed by atoms with Crippen LogP contribution in [0.5, 0.6) is 5.75 Å². The summed E-state index contributed by atoms with van der Waals surface area (Å²) < 4.78 is 54.2. The van der Waals surface area contributed by atoms with Crippen LogP contribution in [0, 0.1) is 5.82 Å². The van der Waals surface area contributed by atoms with Gasteiger partial charge in [-0.2, -0.15) is 13.2 Å². The van der Waals surface area contributed by atoms with Crippen molar-refractivity contribution in [3.8, 4) is 5.75 Å². The average Bonchev–Trinajstić information content (AvgIpc) is 2.42. The summed E-state index contributed by atoms with van der Waals surface area (Å²) in [6.07, 6.45) is -5.11. The first-order valence-corrected chi connectivity index (χ1v) is 6.37. The number of carbonyl (C=O) groups is 1. The van der Waals surface area contributed by atoms with Gasteiger partial charge in [0.15, 0.2) is 0 Å². The van der Waals surface area contributed by atoms with E-state index in [0.717, 1.165) is 25.2 Å². The van der Waals surface area contributed by atoms with Crippen LogP contribution in [0.3, 0.4) is 0 Å². The zero-order valence-corrected chi connectivity index (χ0v) is 11.0. The molecule has 8 heteroatoms. The number of carbonyl (C=O) groups excluding carboxylic acids is 1. The van der Waals surface area contributed by atoms with Crippen LogP contribution >= 0.6 is 0 Å². The molecule has 2 rings (SSSR count). The van der Waals surface area contributed by atoms with Crippen LogP contribution in [-0.2, 0) is 11.3 Å². The fraction of sp³-hybridized carbons (Fsp3) is 0.462. The third-order valence-electron chi connectivity index (χ3n) is 3.07. The molecule has 4 nitrogen and oxygen atoms in total. The molecule has 1 aliphatic rings. The molecule has 1 aliphatic heterocycles. The third kappa shape index (κ3) is 4.40. The lowest BCUT2D eigenvalue weighted by Gasteiger charge is -2.27. The third-order valence-corrected chi connectivity index (χ3v) is 3.07. The van der Waals surface area contributed by atoms with E-state index in [1.165, 1.54) is 6.07 Å². The number of alkyl halides is 3. The highest BCUT2D eigenvalue weighted by Crippen LogP contribution is 2.25. The maximum atomic E-state index is 13.2. The molecule has 1 heterocycles. The Morgan fingerprint density at radius 1 is 1.29 bits per heavy atom. The van der Waals surface area contributed by atoms with Crippen molar-refractivity contribution in [3.63, 3.8) is 0 Å². The molecule has 0 spiro atoms. The molecular weight excluding hydrogens is 292 g/mol. The minimum Gasteiger partial charge on any atom is -0.419 e. The van der Waals surface area contributed by atoms with Crippen LogP contribution in [0.15, 0.2) is 18.2 Å². The van der Waals surface area contributed by atoms with Crippen molar-refractivity contribution in [2.75, 3.05) is 26.2 Å². The summed E-state index contributed by atoms with van der Waals surface area (Å²) in [6, 6.07) is 3.25. The summed E-state index contributed by atoms with van der Waals surface area (Å²) in [4.78, 5) is 12.9. The zero-order chi connectivity index (χ0) is 15.5. The molecule has 0 bridgehead atoms. The van der Waals surface area contributed by atoms with Gasteiger partial charge in [-0.1, -0.05) is 6.07 Å². The van der Waals surface area contributed by atoms with E-state index in [1.54, 1.807) is 0 Å². The first kappa shape index (κ1) is 15.7. The van der Waals surface area contributed by atoms with Gasteiger partial charge in [-0.3, -0.25) is 4.90 Å². The number of hydrogen-bond acceptors (Lipinski definition) is 4. The van der Waals surface area contributed by atoms with Crippen molar-refractivity contribution >= 4 is 5.97 Å². The predicted molar refractivity (Wildman–Crippen MR) is 66.2 cm³/mol. The molecule has 0 atom stereocenters. The lowest BCUT2D eigenvalue weighted by molar-refractivity contribution is -0.189. The molecule has 0 saturated carbocycles. The second kappa shape index (κ2) is 6.40. The number of ether oxygens (including phenoxy) is 1. The highest BCUT2D eigenvalue weighted by molar-refractivity contribution is 5.78. The molecule has 1 aromatic carbocycles. The van der Waals surface area contributed by atoms with Crippen LogP contribution in [0.1, 0.15) is 5.56 Å². The summed E-state index contributed by atoms with van der Waals surface area (Å²) in [5, 5.41) is 3.14. The number of hydrogen-bond donors (Lipinski definition) is 1. The maximum absolute atomic E-state index is 13.2. The van der Waals surface area contributed by atoms with Crippen LogP contribution in [-0.4, -0.2) is 43.2 Å². The van der Waals surface area contributed by atoms with Gasteiger partial charge in [0.1, 0.15) is 11.6 Å². The Labute approximate surface area is 118 Å². The van der Waals surface area contributed by atoms with Gasteiger partial charge in [0.2, 0.25) is 0 Å². The van der Waals surface area contributed by atoms with Crippen LogP contribution < -0.4 is 10.1 Å². The van der Waals surface area contributed by atoms with Crippen molar-refractivity contribution in [1.29, 1.82) is 0 Å². The van der Waals surface area contributed by atoms with E-state index in [2.05, 4.69) is 10.1 Å². The number of piperazine rings is 1. The van der Waals surface area contributed by atoms with Gasteiger partial charge in [-0.25, -0.2) is 9.18 Å². The molecule has 0 radical (unpaired) electrons. The van der Waals surface area contributed by atoms with Gasteiger partial charge in [0.25, 0.3) is 0 Å². The van der Waals surface area contributed by atoms with E-state index in [0.29, 0.717) is 25.2 Å². The Morgan fingerprint density at radius 3 is 2.57 bits per heavy atom. The summed E-state index contributed by atoms with van der Waals surface area (Å²) in [5.41, 5.74) is 0.343. The van der Waals surface area contributed by atoms with E-state index >= 15 is 0 Å². The second-order valence-electron chi connectivity index (χ2n) is 4.67. The van der Waals surface area contributed by atoms with Gasteiger partial charge in [-0.05, 0) is 6.07 Å². The van der Waals surface area contributed by atoms with E-state index < -0.39 is 23.7 Å². The number of esters is 1. The standard InChI is InChI=1S/C13H14F4N2O2/c14-10-2-1-9(8-19-5-3-18-4-6-19)11(7-10)21-12(20)13(15,16)17/h1-2,7,18H,3-6,8H2.